The Kier molecular flexibility index (Phi) is 5.04. The van der Waals surface area contributed by atoms with Gasteiger partial charge in [-0.05, 0) is 36.6 Å². The van der Waals surface area contributed by atoms with Crippen LogP contribution in [0.3, 0.4) is 0 Å². The van der Waals surface area contributed by atoms with Gasteiger partial charge in [-0.25, -0.2) is 0 Å². The Labute approximate surface area is 143 Å². The van der Waals surface area contributed by atoms with Crippen LogP contribution in [0.1, 0.15) is 17.5 Å². The van der Waals surface area contributed by atoms with E-state index < -0.39 is 0 Å². The fourth-order valence-corrected chi connectivity index (χ4v) is 3.28. The molecule has 4 heteroatoms. The van der Waals surface area contributed by atoms with Gasteiger partial charge in [-0.3, -0.25) is 4.79 Å². The highest BCUT2D eigenvalue weighted by atomic mass is 16.2. The molecule has 2 aromatic rings. The summed E-state index contributed by atoms with van der Waals surface area (Å²) < 4.78 is 0. The summed E-state index contributed by atoms with van der Waals surface area (Å²) in [4.78, 5) is 16.8. The zero-order chi connectivity index (χ0) is 16.9. The fraction of sp³-hybridized carbons (Fsp3) is 0.350. The zero-order valence-electron chi connectivity index (χ0n) is 14.2. The molecule has 0 unspecified atom stereocenters. The van der Waals surface area contributed by atoms with E-state index in [-0.39, 0.29) is 5.91 Å². The van der Waals surface area contributed by atoms with Crippen molar-refractivity contribution < 1.29 is 4.79 Å². The minimum absolute atomic E-state index is 0.225. The molecule has 0 radical (unpaired) electrons. The number of carbonyl (C=O) groups is 1. The van der Waals surface area contributed by atoms with Crippen LogP contribution < -0.4 is 10.6 Å². The van der Waals surface area contributed by atoms with Crippen molar-refractivity contribution in [3.8, 4) is 0 Å². The molecule has 0 atom stereocenters. The number of amides is 1. The first-order chi connectivity index (χ1) is 11.6. The lowest BCUT2D eigenvalue weighted by molar-refractivity contribution is -0.131. The second kappa shape index (κ2) is 7.39. The van der Waals surface area contributed by atoms with Crippen molar-refractivity contribution in [2.24, 2.45) is 0 Å². The summed E-state index contributed by atoms with van der Waals surface area (Å²) in [5, 5.41) is 0. The maximum Gasteiger partial charge on any atom is 0.223 e. The van der Waals surface area contributed by atoms with Crippen molar-refractivity contribution in [2.45, 2.75) is 19.8 Å². The number of nitrogens with zero attached hydrogens (tertiary/aromatic N) is 2. The average molecular weight is 323 g/mol. The molecule has 3 rings (SSSR count). The van der Waals surface area contributed by atoms with Crippen molar-refractivity contribution in [2.75, 3.05) is 36.8 Å². The van der Waals surface area contributed by atoms with Crippen LogP contribution in [0.25, 0.3) is 0 Å². The molecule has 1 fully saturated rings. The predicted octanol–water partition coefficient (Wildman–Crippen LogP) is 2.86. The molecule has 1 aliphatic rings. The molecule has 1 amide bonds. The van der Waals surface area contributed by atoms with Crippen LogP contribution in [0.4, 0.5) is 11.4 Å². The molecule has 0 bridgehead atoms. The highest BCUT2D eigenvalue weighted by Gasteiger charge is 2.21. The van der Waals surface area contributed by atoms with Crippen molar-refractivity contribution >= 4 is 17.3 Å². The van der Waals surface area contributed by atoms with Crippen LogP contribution in [-0.4, -0.2) is 37.0 Å². The molecular weight excluding hydrogens is 298 g/mol. The summed E-state index contributed by atoms with van der Waals surface area (Å²) in [7, 11) is 0. The Morgan fingerprint density at radius 2 is 1.67 bits per heavy atom. The van der Waals surface area contributed by atoms with Crippen molar-refractivity contribution in [1.29, 1.82) is 0 Å². The summed E-state index contributed by atoms with van der Waals surface area (Å²) in [6.07, 6.45) is 1.24. The second-order valence-electron chi connectivity index (χ2n) is 6.35. The Hall–Kier alpha value is -2.49. The third-order valence-corrected chi connectivity index (χ3v) is 4.75. The van der Waals surface area contributed by atoms with Crippen molar-refractivity contribution in [3.05, 3.63) is 59.7 Å². The number of para-hydroxylation sites is 2. The number of nitrogen functional groups attached to an aromatic ring is 1. The standard InChI is InChI=1S/C20H25N3O/c1-16-6-2-5-9-19(16)22-12-14-23(15-13-22)20(24)11-10-17-7-3-4-8-18(17)21/h2-9H,10-15,21H2,1H3. The third-order valence-electron chi connectivity index (χ3n) is 4.75. The number of carbonyl (C=O) groups excluding carboxylic acids is 1. The first-order valence-corrected chi connectivity index (χ1v) is 8.57. The molecular formula is C20H25N3O. The molecule has 24 heavy (non-hydrogen) atoms. The van der Waals surface area contributed by atoms with Gasteiger partial charge in [0.25, 0.3) is 0 Å². The normalized spacial score (nSPS) is 14.7. The zero-order valence-corrected chi connectivity index (χ0v) is 14.2. The first-order valence-electron chi connectivity index (χ1n) is 8.57. The summed E-state index contributed by atoms with van der Waals surface area (Å²) in [5.41, 5.74) is 10.4. The lowest BCUT2D eigenvalue weighted by atomic mass is 10.1. The lowest BCUT2D eigenvalue weighted by Gasteiger charge is -2.37. The molecule has 0 aromatic heterocycles. The number of rotatable bonds is 4. The minimum Gasteiger partial charge on any atom is -0.399 e. The average Bonchev–Trinajstić information content (AvgIpc) is 2.61. The van der Waals surface area contributed by atoms with E-state index in [1.54, 1.807) is 0 Å². The molecule has 126 valence electrons. The van der Waals surface area contributed by atoms with Gasteiger partial charge in [-0.15, -0.1) is 0 Å². The first kappa shape index (κ1) is 16.4. The summed E-state index contributed by atoms with van der Waals surface area (Å²) in [6, 6.07) is 16.2. The van der Waals surface area contributed by atoms with E-state index in [9.17, 15) is 4.79 Å². The van der Waals surface area contributed by atoms with E-state index in [1.165, 1.54) is 11.3 Å². The number of hydrogen-bond donors (Lipinski definition) is 1. The van der Waals surface area contributed by atoms with Crippen LogP contribution >= 0.6 is 0 Å². The second-order valence-corrected chi connectivity index (χ2v) is 6.35. The Bertz CT molecular complexity index is 706. The maximum atomic E-state index is 12.5. The SMILES string of the molecule is Cc1ccccc1N1CCN(C(=O)CCc2ccccc2N)CC1. The van der Waals surface area contributed by atoms with E-state index in [4.69, 9.17) is 5.73 Å². The van der Waals surface area contributed by atoms with Crippen LogP contribution in [-0.2, 0) is 11.2 Å². The summed E-state index contributed by atoms with van der Waals surface area (Å²) >= 11 is 0. The molecule has 4 nitrogen and oxygen atoms in total. The van der Waals surface area contributed by atoms with Crippen LogP contribution in [0.2, 0.25) is 0 Å². The van der Waals surface area contributed by atoms with Gasteiger partial charge in [0.1, 0.15) is 0 Å². The van der Waals surface area contributed by atoms with Gasteiger partial charge in [0.2, 0.25) is 5.91 Å². The molecule has 1 saturated heterocycles. The quantitative estimate of drug-likeness (QED) is 0.880. The monoisotopic (exact) mass is 323 g/mol. The molecule has 2 N–H and O–H groups in total. The molecule has 1 heterocycles. The highest BCUT2D eigenvalue weighted by Crippen LogP contribution is 2.21. The maximum absolute atomic E-state index is 12.5. The lowest BCUT2D eigenvalue weighted by Crippen LogP contribution is -2.49. The van der Waals surface area contributed by atoms with Gasteiger partial charge in [-0.1, -0.05) is 36.4 Å². The number of hydrogen-bond acceptors (Lipinski definition) is 3. The molecule has 0 saturated carbocycles. The number of nitrogens with two attached hydrogens (primary N) is 1. The Balaban J connectivity index is 1.52. The van der Waals surface area contributed by atoms with Gasteiger partial charge in [0.05, 0.1) is 0 Å². The van der Waals surface area contributed by atoms with Crippen LogP contribution in [0.15, 0.2) is 48.5 Å². The van der Waals surface area contributed by atoms with Crippen molar-refractivity contribution in [1.82, 2.24) is 4.90 Å². The van der Waals surface area contributed by atoms with E-state index in [2.05, 4.69) is 36.1 Å². The van der Waals surface area contributed by atoms with Crippen molar-refractivity contribution in [3.63, 3.8) is 0 Å². The fourth-order valence-electron chi connectivity index (χ4n) is 3.28. The van der Waals surface area contributed by atoms with Crippen LogP contribution in [0, 0.1) is 6.92 Å². The van der Waals surface area contributed by atoms with E-state index in [0.29, 0.717) is 12.8 Å². The van der Waals surface area contributed by atoms with E-state index in [1.807, 2.05) is 29.2 Å². The molecule has 2 aromatic carbocycles. The van der Waals surface area contributed by atoms with Gasteiger partial charge >= 0.3 is 0 Å². The van der Waals surface area contributed by atoms with Gasteiger partial charge in [0, 0.05) is 44.0 Å². The number of aryl methyl sites for hydroxylation is 2. The number of anilines is 2. The smallest absolute Gasteiger partial charge is 0.223 e. The van der Waals surface area contributed by atoms with Gasteiger partial charge in [-0.2, -0.15) is 0 Å². The largest absolute Gasteiger partial charge is 0.399 e. The summed E-state index contributed by atoms with van der Waals surface area (Å²) in [5.74, 6) is 0.225. The molecule has 1 aliphatic heterocycles. The molecule has 0 aliphatic carbocycles. The number of benzene rings is 2. The van der Waals surface area contributed by atoms with Gasteiger partial charge < -0.3 is 15.5 Å². The van der Waals surface area contributed by atoms with Gasteiger partial charge in [0.15, 0.2) is 0 Å². The van der Waals surface area contributed by atoms with Crippen LogP contribution in [0.5, 0.6) is 0 Å². The Morgan fingerprint density at radius 1 is 1.00 bits per heavy atom. The minimum atomic E-state index is 0.225. The molecule has 0 spiro atoms. The van der Waals surface area contributed by atoms with E-state index in [0.717, 1.165) is 37.4 Å². The highest BCUT2D eigenvalue weighted by molar-refractivity contribution is 5.77. The summed E-state index contributed by atoms with van der Waals surface area (Å²) in [6.45, 7) is 5.50. The Morgan fingerprint density at radius 3 is 2.38 bits per heavy atom. The predicted molar refractivity (Wildman–Crippen MR) is 99.1 cm³/mol. The topological polar surface area (TPSA) is 49.6 Å². The number of piperazine rings is 1. The van der Waals surface area contributed by atoms with E-state index >= 15 is 0 Å². The third kappa shape index (κ3) is 3.70.